The maximum atomic E-state index is 12.2. The predicted molar refractivity (Wildman–Crippen MR) is 80.7 cm³/mol. The number of hydrogen-bond acceptors (Lipinski definition) is 5. The van der Waals surface area contributed by atoms with Crippen molar-refractivity contribution in [2.24, 2.45) is 17.1 Å². The van der Waals surface area contributed by atoms with Gasteiger partial charge in [0.25, 0.3) is 0 Å². The molecule has 2 rings (SSSR count). The number of sulfone groups is 1. The molecule has 122 valence electrons. The van der Waals surface area contributed by atoms with E-state index in [-0.39, 0.29) is 28.9 Å². The fourth-order valence-corrected chi connectivity index (χ4v) is 4.97. The van der Waals surface area contributed by atoms with Gasteiger partial charge in [-0.2, -0.15) is 0 Å². The second-order valence-electron chi connectivity index (χ2n) is 7.31. The van der Waals surface area contributed by atoms with Crippen LogP contribution in [0.1, 0.15) is 33.6 Å². The molecular formula is C14H26N2O4S. The highest BCUT2D eigenvalue weighted by Gasteiger charge is 2.50. The number of hydrogen-bond donors (Lipinski definition) is 1. The van der Waals surface area contributed by atoms with Crippen LogP contribution in [0.5, 0.6) is 0 Å². The molecule has 0 saturated carbocycles. The maximum absolute atomic E-state index is 12.2. The minimum Gasteiger partial charge on any atom is -0.444 e. The van der Waals surface area contributed by atoms with Crippen LogP contribution < -0.4 is 5.73 Å². The molecule has 2 saturated heterocycles. The van der Waals surface area contributed by atoms with E-state index in [1.54, 1.807) is 4.90 Å². The van der Waals surface area contributed by atoms with E-state index in [1.807, 2.05) is 20.8 Å². The van der Waals surface area contributed by atoms with Crippen LogP contribution in [-0.2, 0) is 14.6 Å². The lowest BCUT2D eigenvalue weighted by Crippen LogP contribution is -2.42. The molecule has 1 atom stereocenters. The molecule has 0 aromatic carbocycles. The van der Waals surface area contributed by atoms with Crippen LogP contribution in [0.4, 0.5) is 4.79 Å². The van der Waals surface area contributed by atoms with Gasteiger partial charge < -0.3 is 15.4 Å². The zero-order valence-corrected chi connectivity index (χ0v) is 13.9. The van der Waals surface area contributed by atoms with Gasteiger partial charge in [-0.05, 0) is 51.5 Å². The average molecular weight is 318 g/mol. The van der Waals surface area contributed by atoms with Crippen molar-refractivity contribution in [3.8, 4) is 0 Å². The first-order valence-electron chi connectivity index (χ1n) is 7.45. The van der Waals surface area contributed by atoms with Crippen molar-refractivity contribution in [2.45, 2.75) is 39.2 Å². The summed E-state index contributed by atoms with van der Waals surface area (Å²) < 4.78 is 28.7. The second-order valence-corrected chi connectivity index (χ2v) is 9.61. The Balaban J connectivity index is 2.09. The van der Waals surface area contributed by atoms with Crippen LogP contribution in [0, 0.1) is 11.3 Å². The molecule has 2 aliphatic heterocycles. The molecule has 2 heterocycles. The van der Waals surface area contributed by atoms with Crippen molar-refractivity contribution in [2.75, 3.05) is 31.1 Å². The SMILES string of the molecule is CC(C)(C)OC(=O)N1CC(CN)C2(CCS(=O)(=O)CC2)C1. The molecule has 2 aliphatic rings. The molecule has 1 unspecified atom stereocenters. The summed E-state index contributed by atoms with van der Waals surface area (Å²) in [7, 11) is -2.92. The summed E-state index contributed by atoms with van der Waals surface area (Å²) in [4.78, 5) is 13.9. The maximum Gasteiger partial charge on any atom is 0.410 e. The largest absolute Gasteiger partial charge is 0.444 e. The van der Waals surface area contributed by atoms with Gasteiger partial charge in [0.1, 0.15) is 15.4 Å². The number of nitrogens with zero attached hydrogens (tertiary/aromatic N) is 1. The topological polar surface area (TPSA) is 89.7 Å². The molecule has 0 aromatic rings. The third kappa shape index (κ3) is 3.69. The highest BCUT2D eigenvalue weighted by atomic mass is 32.2. The number of ether oxygens (including phenoxy) is 1. The standard InChI is InChI=1S/C14H26N2O4S/c1-13(2,3)20-12(17)16-9-11(8-15)14(10-16)4-6-21(18,19)7-5-14/h11H,4-10,15H2,1-3H3. The number of carbonyl (C=O) groups is 1. The van der Waals surface area contributed by atoms with Gasteiger partial charge >= 0.3 is 6.09 Å². The van der Waals surface area contributed by atoms with Gasteiger partial charge in [-0.15, -0.1) is 0 Å². The lowest BCUT2D eigenvalue weighted by molar-refractivity contribution is 0.0270. The predicted octanol–water partition coefficient (Wildman–Crippen LogP) is 1.01. The van der Waals surface area contributed by atoms with Crippen molar-refractivity contribution >= 4 is 15.9 Å². The number of nitrogens with two attached hydrogens (primary N) is 1. The molecule has 0 aromatic heterocycles. The molecule has 0 radical (unpaired) electrons. The normalized spacial score (nSPS) is 27.8. The molecule has 6 nitrogen and oxygen atoms in total. The van der Waals surface area contributed by atoms with Gasteiger partial charge in [-0.25, -0.2) is 13.2 Å². The van der Waals surface area contributed by atoms with Crippen LogP contribution in [0.15, 0.2) is 0 Å². The molecule has 7 heteroatoms. The highest BCUT2D eigenvalue weighted by molar-refractivity contribution is 7.91. The van der Waals surface area contributed by atoms with E-state index in [4.69, 9.17) is 10.5 Å². The van der Waals surface area contributed by atoms with E-state index in [1.165, 1.54) is 0 Å². The van der Waals surface area contributed by atoms with Crippen LogP contribution in [0.2, 0.25) is 0 Å². The summed E-state index contributed by atoms with van der Waals surface area (Å²) in [5, 5.41) is 0. The average Bonchev–Trinajstić information content (AvgIpc) is 2.71. The van der Waals surface area contributed by atoms with Crippen LogP contribution in [0.25, 0.3) is 0 Å². The van der Waals surface area contributed by atoms with Crippen molar-refractivity contribution in [3.63, 3.8) is 0 Å². The lowest BCUT2D eigenvalue weighted by Gasteiger charge is -2.37. The number of carbonyl (C=O) groups excluding carboxylic acids is 1. The first kappa shape index (κ1) is 16.5. The van der Waals surface area contributed by atoms with E-state index >= 15 is 0 Å². The van der Waals surface area contributed by atoms with Crippen molar-refractivity contribution in [1.29, 1.82) is 0 Å². The van der Waals surface area contributed by atoms with E-state index in [0.717, 1.165) is 0 Å². The summed E-state index contributed by atoms with van der Waals surface area (Å²) in [5.41, 5.74) is 5.19. The molecule has 21 heavy (non-hydrogen) atoms. The molecular weight excluding hydrogens is 292 g/mol. The Kier molecular flexibility index (Phi) is 4.28. The zero-order chi connectivity index (χ0) is 15.9. The van der Waals surface area contributed by atoms with Crippen molar-refractivity contribution < 1.29 is 17.9 Å². The minimum atomic E-state index is -2.92. The third-order valence-corrected chi connectivity index (χ3v) is 6.22. The fraction of sp³-hybridized carbons (Fsp3) is 0.929. The van der Waals surface area contributed by atoms with Crippen LogP contribution >= 0.6 is 0 Å². The van der Waals surface area contributed by atoms with Gasteiger partial charge in [-0.3, -0.25) is 0 Å². The first-order chi connectivity index (χ1) is 9.57. The molecule has 0 aliphatic carbocycles. The summed E-state index contributed by atoms with van der Waals surface area (Å²) >= 11 is 0. The number of rotatable bonds is 1. The Labute approximate surface area is 126 Å². The number of amides is 1. The Morgan fingerprint density at radius 2 is 1.90 bits per heavy atom. The Morgan fingerprint density at radius 1 is 1.33 bits per heavy atom. The molecule has 1 spiro atoms. The minimum absolute atomic E-state index is 0.153. The van der Waals surface area contributed by atoms with Crippen LogP contribution in [0.3, 0.4) is 0 Å². The summed E-state index contributed by atoms with van der Waals surface area (Å²) in [6.07, 6.45) is 0.860. The summed E-state index contributed by atoms with van der Waals surface area (Å²) in [5.74, 6) is 0.553. The van der Waals surface area contributed by atoms with Crippen LogP contribution in [-0.4, -0.2) is 56.2 Å². The molecule has 0 bridgehead atoms. The highest BCUT2D eigenvalue weighted by Crippen LogP contribution is 2.45. The molecule has 1 amide bonds. The second kappa shape index (κ2) is 5.43. The number of likely N-dealkylation sites (tertiary alicyclic amines) is 1. The smallest absolute Gasteiger partial charge is 0.410 e. The van der Waals surface area contributed by atoms with E-state index in [2.05, 4.69) is 0 Å². The Bertz CT molecular complexity index is 496. The first-order valence-corrected chi connectivity index (χ1v) is 9.27. The van der Waals surface area contributed by atoms with Gasteiger partial charge in [0.05, 0.1) is 11.5 Å². The lowest BCUT2D eigenvalue weighted by atomic mass is 9.73. The zero-order valence-electron chi connectivity index (χ0n) is 13.1. The summed E-state index contributed by atoms with van der Waals surface area (Å²) in [6, 6.07) is 0. The van der Waals surface area contributed by atoms with Gasteiger partial charge in [-0.1, -0.05) is 0 Å². The summed E-state index contributed by atoms with van der Waals surface area (Å²) in [6.45, 7) is 7.10. The quantitative estimate of drug-likeness (QED) is 0.779. The van der Waals surface area contributed by atoms with Gasteiger partial charge in [0, 0.05) is 13.1 Å². The third-order valence-electron chi connectivity index (χ3n) is 4.57. The Hall–Kier alpha value is -0.820. The molecule has 2 N–H and O–H groups in total. The van der Waals surface area contributed by atoms with Crippen molar-refractivity contribution in [1.82, 2.24) is 4.90 Å². The van der Waals surface area contributed by atoms with E-state index in [0.29, 0.717) is 32.5 Å². The monoisotopic (exact) mass is 318 g/mol. The Morgan fingerprint density at radius 3 is 2.38 bits per heavy atom. The van der Waals surface area contributed by atoms with Crippen molar-refractivity contribution in [3.05, 3.63) is 0 Å². The van der Waals surface area contributed by atoms with E-state index in [9.17, 15) is 13.2 Å². The van der Waals surface area contributed by atoms with Gasteiger partial charge in [0.15, 0.2) is 0 Å². The molecule has 2 fully saturated rings. The van der Waals surface area contributed by atoms with Gasteiger partial charge in [0.2, 0.25) is 0 Å². The van der Waals surface area contributed by atoms with E-state index < -0.39 is 15.4 Å². The fourth-order valence-electron chi connectivity index (χ4n) is 3.33.